The molecular formula is C16H17BrFN3O3. The number of amides is 2. The van der Waals surface area contributed by atoms with E-state index in [1.54, 1.807) is 20.0 Å². The van der Waals surface area contributed by atoms with E-state index in [1.807, 2.05) is 0 Å². The lowest BCUT2D eigenvalue weighted by molar-refractivity contribution is -0.130. The molecule has 0 aliphatic rings. The molecular weight excluding hydrogens is 381 g/mol. The maximum Gasteiger partial charge on any atom is 0.252 e. The lowest BCUT2D eigenvalue weighted by atomic mass is 10.2. The van der Waals surface area contributed by atoms with Gasteiger partial charge in [-0.05, 0) is 41.1 Å². The summed E-state index contributed by atoms with van der Waals surface area (Å²) in [6.07, 6.45) is 0.131. The second-order valence-corrected chi connectivity index (χ2v) is 6.16. The van der Waals surface area contributed by atoms with Crippen molar-refractivity contribution in [2.75, 3.05) is 13.6 Å². The van der Waals surface area contributed by atoms with Crippen LogP contribution in [0.1, 0.15) is 28.2 Å². The number of aryl methyl sites for hydroxylation is 1. The first-order valence-corrected chi connectivity index (χ1v) is 8.05. The van der Waals surface area contributed by atoms with Gasteiger partial charge in [0, 0.05) is 30.6 Å². The first-order chi connectivity index (χ1) is 11.4. The van der Waals surface area contributed by atoms with Gasteiger partial charge in [0.15, 0.2) is 0 Å². The van der Waals surface area contributed by atoms with Gasteiger partial charge in [-0.15, -0.1) is 0 Å². The molecule has 0 atom stereocenters. The first-order valence-electron chi connectivity index (χ1n) is 7.26. The Morgan fingerprint density at radius 3 is 2.79 bits per heavy atom. The zero-order valence-corrected chi connectivity index (χ0v) is 14.9. The smallest absolute Gasteiger partial charge is 0.252 e. The third-order valence-corrected chi connectivity index (χ3v) is 3.99. The maximum absolute atomic E-state index is 13.2. The van der Waals surface area contributed by atoms with Gasteiger partial charge in [0.2, 0.25) is 5.91 Å². The van der Waals surface area contributed by atoms with E-state index in [2.05, 4.69) is 26.4 Å². The van der Waals surface area contributed by atoms with Crippen LogP contribution in [0.5, 0.6) is 0 Å². The summed E-state index contributed by atoms with van der Waals surface area (Å²) < 4.78 is 18.6. The second-order valence-electron chi connectivity index (χ2n) is 5.31. The fourth-order valence-electron chi connectivity index (χ4n) is 2.06. The van der Waals surface area contributed by atoms with Crippen molar-refractivity contribution in [1.82, 2.24) is 15.4 Å². The predicted molar refractivity (Wildman–Crippen MR) is 88.8 cm³/mol. The van der Waals surface area contributed by atoms with Crippen LogP contribution in [0.2, 0.25) is 0 Å². The van der Waals surface area contributed by atoms with E-state index in [9.17, 15) is 14.0 Å². The summed E-state index contributed by atoms with van der Waals surface area (Å²) in [5, 5.41) is 6.43. The Bertz CT molecular complexity index is 748. The third-order valence-electron chi connectivity index (χ3n) is 3.30. The molecule has 1 N–H and O–H groups in total. The minimum atomic E-state index is -0.498. The van der Waals surface area contributed by atoms with E-state index in [0.717, 1.165) is 6.07 Å². The number of carbonyl (C=O) groups is 2. The van der Waals surface area contributed by atoms with Crippen LogP contribution in [0.4, 0.5) is 4.39 Å². The molecule has 2 rings (SSSR count). The SMILES string of the molecule is Cc1cc(CN(C)C(=O)CCNC(=O)c2cc(F)ccc2Br)no1. The van der Waals surface area contributed by atoms with Gasteiger partial charge in [0.1, 0.15) is 17.3 Å². The van der Waals surface area contributed by atoms with Crippen molar-refractivity contribution in [3.63, 3.8) is 0 Å². The number of benzene rings is 1. The minimum absolute atomic E-state index is 0.131. The number of rotatable bonds is 6. The van der Waals surface area contributed by atoms with E-state index in [-0.39, 0.29) is 24.4 Å². The molecule has 0 aliphatic heterocycles. The van der Waals surface area contributed by atoms with Crippen LogP contribution in [0.15, 0.2) is 33.3 Å². The number of aromatic nitrogens is 1. The van der Waals surface area contributed by atoms with Gasteiger partial charge in [-0.3, -0.25) is 9.59 Å². The molecule has 0 radical (unpaired) electrons. The lowest BCUT2D eigenvalue weighted by Gasteiger charge is -2.15. The standard InChI is InChI=1S/C16H17BrFN3O3/c1-10-7-12(20-24-10)9-21(2)15(22)5-6-19-16(23)13-8-11(18)3-4-14(13)17/h3-4,7-8H,5-6,9H2,1-2H3,(H,19,23). The Hall–Kier alpha value is -2.22. The fraction of sp³-hybridized carbons (Fsp3) is 0.312. The molecule has 0 unspecified atom stereocenters. The number of halogens is 2. The molecule has 0 saturated carbocycles. The van der Waals surface area contributed by atoms with Gasteiger partial charge in [0.05, 0.1) is 12.1 Å². The minimum Gasteiger partial charge on any atom is -0.361 e. The Labute approximate surface area is 147 Å². The third kappa shape index (κ3) is 4.89. The van der Waals surface area contributed by atoms with Crippen LogP contribution in [0.3, 0.4) is 0 Å². The van der Waals surface area contributed by atoms with E-state index in [0.29, 0.717) is 22.5 Å². The molecule has 0 fully saturated rings. The van der Waals surface area contributed by atoms with Crippen LogP contribution < -0.4 is 5.32 Å². The summed E-state index contributed by atoms with van der Waals surface area (Å²) in [5.74, 6) is -0.404. The summed E-state index contributed by atoms with van der Waals surface area (Å²) in [6, 6.07) is 5.61. The number of hydrogen-bond donors (Lipinski definition) is 1. The first kappa shape index (κ1) is 18.1. The average Bonchev–Trinajstić information content (AvgIpc) is 2.94. The molecule has 2 amide bonds. The molecule has 24 heavy (non-hydrogen) atoms. The van der Waals surface area contributed by atoms with E-state index in [1.165, 1.54) is 17.0 Å². The van der Waals surface area contributed by atoms with Gasteiger partial charge >= 0.3 is 0 Å². The zero-order chi connectivity index (χ0) is 17.7. The number of carbonyl (C=O) groups excluding carboxylic acids is 2. The summed E-state index contributed by atoms with van der Waals surface area (Å²) in [7, 11) is 1.65. The molecule has 0 saturated heterocycles. The van der Waals surface area contributed by atoms with Crippen molar-refractivity contribution in [3.05, 3.63) is 51.6 Å². The summed E-state index contributed by atoms with van der Waals surface area (Å²) >= 11 is 3.20. The van der Waals surface area contributed by atoms with Crippen LogP contribution in [-0.4, -0.2) is 35.5 Å². The molecule has 1 aromatic heterocycles. The van der Waals surface area contributed by atoms with Crippen LogP contribution in [-0.2, 0) is 11.3 Å². The largest absolute Gasteiger partial charge is 0.361 e. The fourth-order valence-corrected chi connectivity index (χ4v) is 2.49. The normalized spacial score (nSPS) is 10.5. The zero-order valence-electron chi connectivity index (χ0n) is 13.3. The topological polar surface area (TPSA) is 75.4 Å². The molecule has 6 nitrogen and oxygen atoms in total. The van der Waals surface area contributed by atoms with Crippen molar-refractivity contribution >= 4 is 27.7 Å². The van der Waals surface area contributed by atoms with Gasteiger partial charge in [0.25, 0.3) is 5.91 Å². The number of hydrogen-bond acceptors (Lipinski definition) is 4. The molecule has 0 spiro atoms. The van der Waals surface area contributed by atoms with Crippen molar-refractivity contribution in [1.29, 1.82) is 0 Å². The molecule has 0 bridgehead atoms. The van der Waals surface area contributed by atoms with Gasteiger partial charge in [-0.1, -0.05) is 5.16 Å². The van der Waals surface area contributed by atoms with E-state index >= 15 is 0 Å². The number of nitrogens with one attached hydrogen (secondary N) is 1. The maximum atomic E-state index is 13.2. The van der Waals surface area contributed by atoms with Crippen LogP contribution in [0, 0.1) is 12.7 Å². The van der Waals surface area contributed by atoms with E-state index < -0.39 is 11.7 Å². The lowest BCUT2D eigenvalue weighted by Crippen LogP contribution is -2.32. The van der Waals surface area contributed by atoms with Crippen LogP contribution in [0.25, 0.3) is 0 Å². The summed E-state index contributed by atoms with van der Waals surface area (Å²) in [6.45, 7) is 2.26. The highest BCUT2D eigenvalue weighted by Crippen LogP contribution is 2.17. The highest BCUT2D eigenvalue weighted by atomic mass is 79.9. The van der Waals surface area contributed by atoms with E-state index in [4.69, 9.17) is 4.52 Å². The predicted octanol–water partition coefficient (Wildman–Crippen LogP) is 2.66. The summed E-state index contributed by atoms with van der Waals surface area (Å²) in [5.41, 5.74) is 0.852. The molecule has 128 valence electrons. The highest BCUT2D eigenvalue weighted by molar-refractivity contribution is 9.10. The van der Waals surface area contributed by atoms with Crippen molar-refractivity contribution < 1.29 is 18.5 Å². The van der Waals surface area contributed by atoms with Crippen LogP contribution >= 0.6 is 15.9 Å². The quantitative estimate of drug-likeness (QED) is 0.812. The second kappa shape index (κ2) is 8.05. The van der Waals surface area contributed by atoms with Gasteiger partial charge < -0.3 is 14.7 Å². The Balaban J connectivity index is 1.81. The Kier molecular flexibility index (Phi) is 6.08. The summed E-state index contributed by atoms with van der Waals surface area (Å²) in [4.78, 5) is 25.5. The molecule has 0 aliphatic carbocycles. The Morgan fingerprint density at radius 2 is 2.12 bits per heavy atom. The highest BCUT2D eigenvalue weighted by Gasteiger charge is 2.14. The molecule has 1 heterocycles. The van der Waals surface area contributed by atoms with Gasteiger partial charge in [-0.2, -0.15) is 0 Å². The molecule has 2 aromatic rings. The van der Waals surface area contributed by atoms with Crippen molar-refractivity contribution in [2.24, 2.45) is 0 Å². The monoisotopic (exact) mass is 397 g/mol. The molecule has 1 aromatic carbocycles. The van der Waals surface area contributed by atoms with Gasteiger partial charge in [-0.25, -0.2) is 4.39 Å². The molecule has 8 heteroatoms. The van der Waals surface area contributed by atoms with Crippen molar-refractivity contribution in [2.45, 2.75) is 19.9 Å². The number of nitrogens with zero attached hydrogens (tertiary/aromatic N) is 2. The van der Waals surface area contributed by atoms with Crippen molar-refractivity contribution in [3.8, 4) is 0 Å². The average molecular weight is 398 g/mol. The Morgan fingerprint density at radius 1 is 1.38 bits per heavy atom.